The van der Waals surface area contributed by atoms with Gasteiger partial charge in [-0.3, -0.25) is 0 Å². The van der Waals surface area contributed by atoms with E-state index in [-0.39, 0.29) is 0 Å². The zero-order valence-electron chi connectivity index (χ0n) is 19.5. The van der Waals surface area contributed by atoms with Crippen LogP contribution in [0.25, 0.3) is 48.9 Å². The largest absolute Gasteiger partial charge is 0.456 e. The molecule has 0 aliphatic carbocycles. The van der Waals surface area contributed by atoms with Gasteiger partial charge in [0.1, 0.15) is 18.2 Å². The van der Waals surface area contributed by atoms with E-state index in [9.17, 15) is 0 Å². The van der Waals surface area contributed by atoms with Crippen LogP contribution in [-0.2, 0) is 7.05 Å². The Morgan fingerprint density at radius 1 is 0.906 bits per heavy atom. The van der Waals surface area contributed by atoms with E-state index < -0.39 is 8.07 Å². The Morgan fingerprint density at radius 2 is 1.66 bits per heavy atom. The molecule has 0 bridgehead atoms. The van der Waals surface area contributed by atoms with Gasteiger partial charge in [0.2, 0.25) is 11.2 Å². The Bertz CT molecular complexity index is 1600. The van der Waals surface area contributed by atoms with Crippen LogP contribution in [0.3, 0.4) is 0 Å². The minimum Gasteiger partial charge on any atom is -0.456 e. The van der Waals surface area contributed by atoms with Crippen LogP contribution in [0.4, 0.5) is 5.69 Å². The molecule has 0 unspecified atom stereocenters. The van der Waals surface area contributed by atoms with Gasteiger partial charge >= 0.3 is 0 Å². The number of furan rings is 1. The highest BCUT2D eigenvalue weighted by Crippen LogP contribution is 2.39. The van der Waals surface area contributed by atoms with E-state index in [0.717, 1.165) is 27.5 Å². The van der Waals surface area contributed by atoms with Crippen LogP contribution in [-0.4, -0.2) is 8.07 Å². The number of fused-ring (bicyclic) bond motifs is 4. The van der Waals surface area contributed by atoms with E-state index in [0.29, 0.717) is 5.69 Å². The maximum atomic E-state index is 7.37. The summed E-state index contributed by atoms with van der Waals surface area (Å²) in [5, 5.41) is 4.97. The van der Waals surface area contributed by atoms with Crippen LogP contribution in [0, 0.1) is 20.4 Å². The van der Waals surface area contributed by atoms with Gasteiger partial charge in [0.15, 0.2) is 5.69 Å². The summed E-state index contributed by atoms with van der Waals surface area (Å²) >= 11 is 0. The Labute approximate surface area is 189 Å². The third-order valence-electron chi connectivity index (χ3n) is 6.66. The van der Waals surface area contributed by atoms with Crippen LogP contribution in [0.5, 0.6) is 0 Å². The van der Waals surface area contributed by atoms with Gasteiger partial charge in [0, 0.05) is 28.3 Å². The Balaban J connectivity index is 1.96. The molecule has 0 aliphatic heterocycles. The predicted octanol–water partition coefficient (Wildman–Crippen LogP) is 6.94. The summed E-state index contributed by atoms with van der Waals surface area (Å²) in [4.78, 5) is 3.58. The SMILES string of the molecule is [C-]#[N+]c1ccc2c(c1)oc1c(-c3cc([Si](C)(C)C)c4ccccc4[n+]3C)c(C)c(C)cc12. The first kappa shape index (κ1) is 20.5. The van der Waals surface area contributed by atoms with Crippen molar-refractivity contribution in [3.8, 4) is 11.3 Å². The highest BCUT2D eigenvalue weighted by molar-refractivity contribution is 6.90. The monoisotopic (exact) mass is 435 g/mol. The lowest BCUT2D eigenvalue weighted by molar-refractivity contribution is -0.633. The lowest BCUT2D eigenvalue weighted by atomic mass is 9.96. The molecule has 5 aromatic rings. The maximum absolute atomic E-state index is 7.37. The standard InChI is InChI=1S/C28H27N2OSi/c1-17-14-22-20-13-12-19(29-3)15-25(20)31-28(22)27(18(17)2)24-16-26(32(5,6)7)21-10-8-9-11-23(21)30(24)4/h8-16H,1-2,4-7H3/q+1. The molecule has 0 fully saturated rings. The normalized spacial score (nSPS) is 12.0. The zero-order chi connectivity index (χ0) is 22.8. The molecule has 0 amide bonds. The summed E-state index contributed by atoms with van der Waals surface area (Å²) in [6, 6.07) is 19.1. The number of benzene rings is 3. The molecular weight excluding hydrogens is 408 g/mol. The predicted molar refractivity (Wildman–Crippen MR) is 137 cm³/mol. The van der Waals surface area contributed by atoms with E-state index in [1.54, 1.807) is 0 Å². The second-order valence-corrected chi connectivity index (χ2v) is 14.8. The van der Waals surface area contributed by atoms with Gasteiger partial charge in [-0.1, -0.05) is 43.9 Å². The van der Waals surface area contributed by atoms with Crippen molar-refractivity contribution in [2.45, 2.75) is 33.5 Å². The number of nitrogens with zero attached hydrogens (tertiary/aromatic N) is 2. The number of hydrogen-bond acceptors (Lipinski definition) is 1. The summed E-state index contributed by atoms with van der Waals surface area (Å²) < 4.78 is 8.77. The molecule has 0 saturated carbocycles. The van der Waals surface area contributed by atoms with Crippen molar-refractivity contribution in [1.82, 2.24) is 0 Å². The van der Waals surface area contributed by atoms with Crippen LogP contribution >= 0.6 is 0 Å². The molecule has 0 saturated heterocycles. The molecule has 3 nitrogen and oxygen atoms in total. The van der Waals surface area contributed by atoms with Crippen LogP contribution < -0.4 is 9.75 Å². The molecule has 0 radical (unpaired) electrons. The lowest BCUT2D eigenvalue weighted by Gasteiger charge is -2.20. The van der Waals surface area contributed by atoms with Crippen LogP contribution in [0.15, 0.2) is 59.0 Å². The fourth-order valence-electron chi connectivity index (χ4n) is 4.80. The minimum atomic E-state index is -1.60. The van der Waals surface area contributed by atoms with Crippen molar-refractivity contribution in [3.05, 3.63) is 77.1 Å². The first-order valence-electron chi connectivity index (χ1n) is 11.0. The number of rotatable bonds is 2. The van der Waals surface area contributed by atoms with Gasteiger partial charge in [0.05, 0.1) is 20.2 Å². The molecular formula is C28H27N2OSi+. The highest BCUT2D eigenvalue weighted by atomic mass is 28.3. The topological polar surface area (TPSA) is 21.4 Å². The molecule has 2 aromatic heterocycles. The second kappa shape index (κ2) is 7.05. The first-order valence-corrected chi connectivity index (χ1v) is 14.5. The van der Waals surface area contributed by atoms with Crippen molar-refractivity contribution >= 4 is 51.8 Å². The van der Waals surface area contributed by atoms with E-state index in [1.165, 1.54) is 32.9 Å². The quantitative estimate of drug-likeness (QED) is 0.167. The number of pyridine rings is 1. The van der Waals surface area contributed by atoms with E-state index in [1.807, 2.05) is 18.2 Å². The van der Waals surface area contributed by atoms with Gasteiger partial charge in [-0.25, -0.2) is 4.85 Å². The van der Waals surface area contributed by atoms with Gasteiger partial charge in [-0.2, -0.15) is 4.57 Å². The van der Waals surface area contributed by atoms with E-state index in [4.69, 9.17) is 11.0 Å². The number of para-hydroxylation sites is 1. The summed E-state index contributed by atoms with van der Waals surface area (Å²) in [6.45, 7) is 18.9. The fraction of sp³-hybridized carbons (Fsp3) is 0.214. The third-order valence-corrected chi connectivity index (χ3v) is 8.69. The Kier molecular flexibility index (Phi) is 4.51. The van der Waals surface area contributed by atoms with Crippen molar-refractivity contribution in [3.63, 3.8) is 0 Å². The smallest absolute Gasteiger partial charge is 0.216 e. The lowest BCUT2D eigenvalue weighted by Crippen LogP contribution is -2.43. The molecule has 0 spiro atoms. The zero-order valence-corrected chi connectivity index (χ0v) is 20.5. The molecule has 4 heteroatoms. The summed E-state index contributed by atoms with van der Waals surface area (Å²) in [6.07, 6.45) is 0. The molecule has 2 heterocycles. The molecule has 3 aromatic carbocycles. The van der Waals surface area contributed by atoms with Gasteiger partial charge in [0.25, 0.3) is 0 Å². The molecule has 0 atom stereocenters. The average molecular weight is 436 g/mol. The molecule has 0 aliphatic rings. The van der Waals surface area contributed by atoms with Crippen LogP contribution in [0.1, 0.15) is 11.1 Å². The van der Waals surface area contributed by atoms with Gasteiger partial charge in [-0.15, -0.1) is 0 Å². The number of aryl methyl sites for hydroxylation is 2. The van der Waals surface area contributed by atoms with Crippen molar-refractivity contribution in [2.24, 2.45) is 7.05 Å². The second-order valence-electron chi connectivity index (χ2n) is 9.73. The third kappa shape index (κ3) is 2.96. The average Bonchev–Trinajstić information content (AvgIpc) is 3.11. The van der Waals surface area contributed by atoms with Crippen molar-refractivity contribution < 1.29 is 8.98 Å². The molecule has 5 rings (SSSR count). The first-order chi connectivity index (χ1) is 15.2. The summed E-state index contributed by atoms with van der Waals surface area (Å²) in [5.74, 6) is 0. The number of hydrogen-bond donors (Lipinski definition) is 0. The Hall–Kier alpha value is -3.42. The van der Waals surface area contributed by atoms with Crippen LogP contribution in [0.2, 0.25) is 19.6 Å². The fourth-order valence-corrected chi connectivity index (χ4v) is 6.39. The molecule has 0 N–H and O–H groups in total. The van der Waals surface area contributed by atoms with E-state index >= 15 is 0 Å². The maximum Gasteiger partial charge on any atom is 0.216 e. The Morgan fingerprint density at radius 3 is 2.38 bits per heavy atom. The van der Waals surface area contributed by atoms with Crippen molar-refractivity contribution in [1.29, 1.82) is 0 Å². The summed E-state index contributed by atoms with van der Waals surface area (Å²) in [7, 11) is 0.547. The minimum absolute atomic E-state index is 0.601. The summed E-state index contributed by atoms with van der Waals surface area (Å²) in [5.41, 5.74) is 8.31. The molecule has 32 heavy (non-hydrogen) atoms. The highest BCUT2D eigenvalue weighted by Gasteiger charge is 2.29. The van der Waals surface area contributed by atoms with E-state index in [2.05, 4.69) is 86.3 Å². The van der Waals surface area contributed by atoms with Crippen molar-refractivity contribution in [2.75, 3.05) is 0 Å². The van der Waals surface area contributed by atoms with Gasteiger partial charge in [-0.05, 0) is 48.4 Å². The number of aromatic nitrogens is 1. The van der Waals surface area contributed by atoms with Gasteiger partial charge < -0.3 is 4.42 Å². The molecule has 158 valence electrons.